The zero-order chi connectivity index (χ0) is 13.3. The van der Waals surface area contributed by atoms with Crippen molar-refractivity contribution in [2.24, 2.45) is 0 Å². The van der Waals surface area contributed by atoms with Crippen LogP contribution in [-0.2, 0) is 0 Å². The minimum Gasteiger partial charge on any atom is -0.232 e. The smallest absolute Gasteiger partial charge is 0.161 e. The summed E-state index contributed by atoms with van der Waals surface area (Å²) in [6.45, 7) is 4.18. The van der Waals surface area contributed by atoms with E-state index in [1.54, 1.807) is 0 Å². The Morgan fingerprint density at radius 2 is 1.67 bits per heavy atom. The van der Waals surface area contributed by atoms with Gasteiger partial charge < -0.3 is 0 Å². The first-order valence-corrected chi connectivity index (χ1v) is 7.31. The van der Waals surface area contributed by atoms with E-state index >= 15 is 0 Å². The molecule has 0 unspecified atom stereocenters. The fourth-order valence-electron chi connectivity index (χ4n) is 1.55. The van der Waals surface area contributed by atoms with Gasteiger partial charge in [0.2, 0.25) is 0 Å². The van der Waals surface area contributed by atoms with Gasteiger partial charge in [0.15, 0.2) is 5.82 Å². The zero-order valence-corrected chi connectivity index (χ0v) is 13.6. The molecule has 0 saturated heterocycles. The van der Waals surface area contributed by atoms with E-state index in [-0.39, 0.29) is 0 Å². The van der Waals surface area contributed by atoms with Gasteiger partial charge in [-0.25, -0.2) is 9.97 Å². The molecule has 5 heteroatoms. The summed E-state index contributed by atoms with van der Waals surface area (Å²) >= 11 is 14.2. The number of nitrogens with zero attached hydrogens (tertiary/aromatic N) is 2. The molecule has 0 radical (unpaired) electrons. The van der Waals surface area contributed by atoms with E-state index in [2.05, 4.69) is 46.4 Å². The van der Waals surface area contributed by atoms with Crippen LogP contribution >= 0.6 is 45.8 Å². The summed E-state index contributed by atoms with van der Waals surface area (Å²) in [4.78, 5) is 8.91. The average molecular weight is 393 g/mol. The third-order valence-corrected chi connectivity index (χ3v) is 4.39. The number of hydrogen-bond donors (Lipinski definition) is 0. The zero-order valence-electron chi connectivity index (χ0n) is 9.92. The number of benzene rings is 1. The topological polar surface area (TPSA) is 25.8 Å². The van der Waals surface area contributed by atoms with E-state index in [0.717, 1.165) is 14.8 Å². The monoisotopic (exact) mass is 392 g/mol. The van der Waals surface area contributed by atoms with E-state index in [9.17, 15) is 0 Å². The van der Waals surface area contributed by atoms with Gasteiger partial charge in [-0.2, -0.15) is 0 Å². The summed E-state index contributed by atoms with van der Waals surface area (Å²) < 4.78 is 0.919. The first-order chi connectivity index (χ1) is 8.49. The molecule has 0 aliphatic rings. The van der Waals surface area contributed by atoms with Crippen LogP contribution in [0.3, 0.4) is 0 Å². The van der Waals surface area contributed by atoms with Gasteiger partial charge in [0.25, 0.3) is 0 Å². The fraction of sp³-hybridized carbons (Fsp3) is 0.231. The van der Waals surface area contributed by atoms with Crippen molar-refractivity contribution in [1.82, 2.24) is 9.97 Å². The maximum Gasteiger partial charge on any atom is 0.161 e. The van der Waals surface area contributed by atoms with Gasteiger partial charge in [-0.1, -0.05) is 37.0 Å². The van der Waals surface area contributed by atoms with Crippen LogP contribution in [-0.4, -0.2) is 9.97 Å². The minimum absolute atomic E-state index is 0.309. The second-order valence-corrected chi connectivity index (χ2v) is 6.07. The van der Waals surface area contributed by atoms with Crippen molar-refractivity contribution in [3.63, 3.8) is 0 Å². The number of halogens is 3. The van der Waals surface area contributed by atoms with Gasteiger partial charge >= 0.3 is 0 Å². The molecule has 2 rings (SSSR count). The molecule has 0 N–H and O–H groups in total. The highest BCUT2D eigenvalue weighted by Crippen LogP contribution is 2.28. The summed E-state index contributed by atoms with van der Waals surface area (Å²) in [5.41, 5.74) is 1.89. The second-order valence-electron chi connectivity index (χ2n) is 4.20. The van der Waals surface area contributed by atoms with E-state index < -0.39 is 0 Å². The molecular formula is C13H11Cl2IN2. The predicted molar refractivity (Wildman–Crippen MR) is 84.3 cm³/mol. The summed E-state index contributed by atoms with van der Waals surface area (Å²) in [5, 5.41) is 1.19. The molecule has 0 saturated carbocycles. The Balaban J connectivity index is 2.55. The predicted octanol–water partition coefficient (Wildman–Crippen LogP) is 5.18. The van der Waals surface area contributed by atoms with Gasteiger partial charge in [-0.3, -0.25) is 0 Å². The lowest BCUT2D eigenvalue weighted by molar-refractivity contribution is 0.808. The molecule has 0 spiro atoms. The lowest BCUT2D eigenvalue weighted by Crippen LogP contribution is -2.02. The number of hydrogen-bond acceptors (Lipinski definition) is 2. The quantitative estimate of drug-likeness (QED) is 0.519. The van der Waals surface area contributed by atoms with Gasteiger partial charge in [0.05, 0.1) is 9.26 Å². The van der Waals surface area contributed by atoms with Crippen molar-refractivity contribution in [3.8, 4) is 11.4 Å². The number of rotatable bonds is 2. The molecule has 2 aromatic rings. The first kappa shape index (κ1) is 14.0. The van der Waals surface area contributed by atoms with Crippen LogP contribution in [0, 0.1) is 3.57 Å². The van der Waals surface area contributed by atoms with Crippen LogP contribution in [0.1, 0.15) is 25.5 Å². The molecule has 1 aromatic heterocycles. The third kappa shape index (κ3) is 2.95. The molecule has 0 aliphatic carbocycles. The van der Waals surface area contributed by atoms with Crippen molar-refractivity contribution in [2.45, 2.75) is 19.8 Å². The highest BCUT2D eigenvalue weighted by Gasteiger charge is 2.14. The van der Waals surface area contributed by atoms with Crippen LogP contribution in [0.4, 0.5) is 0 Å². The Morgan fingerprint density at radius 1 is 1.06 bits per heavy atom. The molecule has 0 atom stereocenters. The third-order valence-electron chi connectivity index (χ3n) is 2.49. The van der Waals surface area contributed by atoms with Crippen molar-refractivity contribution >= 4 is 45.8 Å². The Labute approximate surface area is 130 Å². The standard InChI is InChI=1S/C13H11Cl2IN2/c1-7(2)11-10(16)12(15)18-13(17-11)8-3-5-9(14)6-4-8/h3-7H,1-2H3. The van der Waals surface area contributed by atoms with Gasteiger partial charge in [0.1, 0.15) is 5.15 Å². The molecule has 1 heterocycles. The molecule has 2 nitrogen and oxygen atoms in total. The van der Waals surface area contributed by atoms with Crippen LogP contribution in [0.15, 0.2) is 24.3 Å². The van der Waals surface area contributed by atoms with Gasteiger partial charge in [-0.05, 0) is 52.8 Å². The molecule has 0 bridgehead atoms. The maximum absolute atomic E-state index is 6.16. The summed E-state index contributed by atoms with van der Waals surface area (Å²) in [6, 6.07) is 7.43. The lowest BCUT2D eigenvalue weighted by atomic mass is 10.1. The average Bonchev–Trinajstić information content (AvgIpc) is 2.33. The fourth-order valence-corrected chi connectivity index (χ4v) is 2.71. The molecule has 0 fully saturated rings. The van der Waals surface area contributed by atoms with Crippen LogP contribution in [0.5, 0.6) is 0 Å². The van der Waals surface area contributed by atoms with Crippen LogP contribution in [0.2, 0.25) is 10.2 Å². The van der Waals surface area contributed by atoms with Gasteiger partial charge in [-0.15, -0.1) is 0 Å². The first-order valence-electron chi connectivity index (χ1n) is 5.48. The van der Waals surface area contributed by atoms with Crippen LogP contribution in [0.25, 0.3) is 11.4 Å². The summed E-state index contributed by atoms with van der Waals surface area (Å²) in [6.07, 6.45) is 0. The SMILES string of the molecule is CC(C)c1nc(-c2ccc(Cl)cc2)nc(Cl)c1I. The normalized spacial score (nSPS) is 11.0. The summed E-state index contributed by atoms with van der Waals surface area (Å²) in [7, 11) is 0. The lowest BCUT2D eigenvalue weighted by Gasteiger charge is -2.10. The van der Waals surface area contributed by atoms with E-state index in [1.165, 1.54) is 0 Å². The Kier molecular flexibility index (Phi) is 4.45. The molecule has 18 heavy (non-hydrogen) atoms. The van der Waals surface area contributed by atoms with Gasteiger partial charge in [0, 0.05) is 10.6 Å². The minimum atomic E-state index is 0.309. The van der Waals surface area contributed by atoms with Crippen molar-refractivity contribution < 1.29 is 0 Å². The second kappa shape index (κ2) is 5.72. The maximum atomic E-state index is 6.16. The Morgan fingerprint density at radius 3 is 2.22 bits per heavy atom. The highest BCUT2D eigenvalue weighted by molar-refractivity contribution is 14.1. The van der Waals surface area contributed by atoms with E-state index in [0.29, 0.717) is 21.9 Å². The van der Waals surface area contributed by atoms with Crippen molar-refractivity contribution in [3.05, 3.63) is 43.7 Å². The molecule has 94 valence electrons. The van der Waals surface area contributed by atoms with Crippen molar-refractivity contribution in [1.29, 1.82) is 0 Å². The van der Waals surface area contributed by atoms with E-state index in [1.807, 2.05) is 24.3 Å². The number of aromatic nitrogens is 2. The summed E-state index contributed by atoms with van der Waals surface area (Å²) in [5.74, 6) is 0.948. The van der Waals surface area contributed by atoms with Crippen molar-refractivity contribution in [2.75, 3.05) is 0 Å². The van der Waals surface area contributed by atoms with Crippen LogP contribution < -0.4 is 0 Å². The molecule has 0 amide bonds. The Hall–Kier alpha value is -0.390. The Bertz CT molecular complexity index is 568. The molecular weight excluding hydrogens is 382 g/mol. The largest absolute Gasteiger partial charge is 0.232 e. The van der Waals surface area contributed by atoms with E-state index in [4.69, 9.17) is 23.2 Å². The molecule has 1 aromatic carbocycles. The highest BCUT2D eigenvalue weighted by atomic mass is 127. The molecule has 0 aliphatic heterocycles.